The van der Waals surface area contributed by atoms with Crippen LogP contribution in [0, 0.1) is 0 Å². The van der Waals surface area contributed by atoms with E-state index < -0.39 is 0 Å². The zero-order chi connectivity index (χ0) is 31.6. The minimum absolute atomic E-state index is 0.0338. The average molecular weight is 620 g/mol. The van der Waals surface area contributed by atoms with E-state index in [1.165, 1.54) is 44.4 Å². The molecule has 2 atom stereocenters. The Balaban J connectivity index is 1.16. The van der Waals surface area contributed by atoms with Gasteiger partial charge in [-0.15, -0.1) is 0 Å². The van der Waals surface area contributed by atoms with Crippen molar-refractivity contribution in [3.63, 3.8) is 0 Å². The molecule has 48 heavy (non-hydrogen) atoms. The van der Waals surface area contributed by atoms with Gasteiger partial charge in [0.05, 0.1) is 28.3 Å². The highest BCUT2D eigenvalue weighted by Gasteiger charge is 2.40. The largest absolute Gasteiger partial charge is 0.485 e. The van der Waals surface area contributed by atoms with E-state index in [9.17, 15) is 0 Å². The summed E-state index contributed by atoms with van der Waals surface area (Å²) in [4.78, 5) is 10.5. The third-order valence-electron chi connectivity index (χ3n) is 10.4. The quantitative estimate of drug-likeness (QED) is 0.197. The molecule has 0 fully saturated rings. The summed E-state index contributed by atoms with van der Waals surface area (Å²) in [6, 6.07) is 34.3. The van der Waals surface area contributed by atoms with Crippen LogP contribution in [0.15, 0.2) is 145 Å². The summed E-state index contributed by atoms with van der Waals surface area (Å²) >= 11 is 0. The number of ether oxygens (including phenoxy) is 1. The van der Waals surface area contributed by atoms with Crippen molar-refractivity contribution in [2.24, 2.45) is 0 Å². The number of fused-ring (bicyclic) bond motifs is 8. The van der Waals surface area contributed by atoms with Gasteiger partial charge in [0, 0.05) is 27.6 Å². The summed E-state index contributed by atoms with van der Waals surface area (Å²) < 4.78 is 8.88. The molecule has 230 valence electrons. The predicted molar refractivity (Wildman–Crippen MR) is 195 cm³/mol. The number of aromatic nitrogens is 3. The normalized spacial score (nSPS) is 19.3. The van der Waals surface area contributed by atoms with Crippen LogP contribution in [0.3, 0.4) is 0 Å². The van der Waals surface area contributed by atoms with E-state index in [4.69, 9.17) is 14.7 Å². The predicted octanol–water partition coefficient (Wildman–Crippen LogP) is 10.5. The van der Waals surface area contributed by atoms with Gasteiger partial charge in [0.25, 0.3) is 0 Å². The average Bonchev–Trinajstić information content (AvgIpc) is 3.70. The Kier molecular flexibility index (Phi) is 6.23. The second-order valence-corrected chi connectivity index (χ2v) is 13.1. The van der Waals surface area contributed by atoms with Crippen molar-refractivity contribution in [1.82, 2.24) is 14.5 Å². The van der Waals surface area contributed by atoms with Gasteiger partial charge in [-0.1, -0.05) is 85.0 Å². The molecule has 0 amide bonds. The maximum absolute atomic E-state index is 6.49. The highest BCUT2D eigenvalue weighted by atomic mass is 16.5. The molecule has 4 aromatic carbocycles. The molecule has 10 rings (SSSR count). The van der Waals surface area contributed by atoms with E-state index in [1.807, 2.05) is 0 Å². The first-order valence-corrected chi connectivity index (χ1v) is 17.0. The Morgan fingerprint density at radius 1 is 0.708 bits per heavy atom. The van der Waals surface area contributed by atoms with E-state index in [0.717, 1.165) is 65.1 Å². The molecule has 0 saturated heterocycles. The number of allylic oxidation sites excluding steroid dienone is 8. The van der Waals surface area contributed by atoms with Gasteiger partial charge in [0.1, 0.15) is 11.9 Å². The maximum Gasteiger partial charge on any atom is 0.160 e. The number of para-hydroxylation sites is 3. The second-order valence-electron chi connectivity index (χ2n) is 13.1. The number of rotatable bonds is 4. The molecule has 0 spiro atoms. The van der Waals surface area contributed by atoms with Gasteiger partial charge >= 0.3 is 0 Å². The van der Waals surface area contributed by atoms with Gasteiger partial charge in [-0.2, -0.15) is 0 Å². The molecule has 3 aliphatic carbocycles. The van der Waals surface area contributed by atoms with Crippen LogP contribution < -0.4 is 4.74 Å². The Labute approximate surface area is 279 Å². The zero-order valence-corrected chi connectivity index (χ0v) is 26.5. The van der Waals surface area contributed by atoms with Crippen LogP contribution in [0.1, 0.15) is 54.1 Å². The van der Waals surface area contributed by atoms with E-state index in [0.29, 0.717) is 0 Å². The minimum Gasteiger partial charge on any atom is -0.485 e. The summed E-state index contributed by atoms with van der Waals surface area (Å²) in [5.74, 6) is 1.84. The molecule has 2 aromatic heterocycles. The number of nitrogens with zero attached hydrogens (tertiary/aromatic N) is 3. The summed E-state index contributed by atoms with van der Waals surface area (Å²) in [7, 11) is 0. The Morgan fingerprint density at radius 3 is 2.40 bits per heavy atom. The molecule has 0 N–H and O–H groups in total. The summed E-state index contributed by atoms with van der Waals surface area (Å²) in [6.07, 6.45) is 20.0. The molecule has 4 nitrogen and oxygen atoms in total. The molecule has 0 saturated carbocycles. The Hall–Kier alpha value is -5.74. The standard InChI is InChI=1S/C44H33N3O/c1-3-11-28(12-4-1)29-19-21-30(22-20-29)43-33-15-7-9-17-36(33)45-44(46-43)31-23-24-37-35(27-31)41-38(47(37)32-13-5-2-6-14-32)25-26-40-42(41)34-16-8-10-18-39(34)48-40/h1-3,5-11,13-19,21,23-27,40,42H,4,12,20,22H2. The number of hydrogen-bond acceptors (Lipinski definition) is 3. The zero-order valence-electron chi connectivity index (χ0n) is 26.5. The highest BCUT2D eigenvalue weighted by molar-refractivity contribution is 5.96. The monoisotopic (exact) mass is 619 g/mol. The van der Waals surface area contributed by atoms with Crippen molar-refractivity contribution < 1.29 is 4.74 Å². The summed E-state index contributed by atoms with van der Waals surface area (Å²) in [6.45, 7) is 0. The molecule has 6 aromatic rings. The SMILES string of the molecule is C1=CCCC(C2=CC=C(c3nc(-c4ccc5c(c4)c4c(n5-c5ccccc5)C=CC5Oc6ccccc6C45)nc4ccccc34)CC2)=C1. The van der Waals surface area contributed by atoms with Gasteiger partial charge < -0.3 is 9.30 Å². The third kappa shape index (κ3) is 4.29. The van der Waals surface area contributed by atoms with Crippen LogP contribution in [-0.4, -0.2) is 20.6 Å². The fourth-order valence-corrected chi connectivity index (χ4v) is 8.14. The van der Waals surface area contributed by atoms with Crippen molar-refractivity contribution in [1.29, 1.82) is 0 Å². The van der Waals surface area contributed by atoms with Crippen LogP contribution in [0.2, 0.25) is 0 Å². The summed E-state index contributed by atoms with van der Waals surface area (Å²) in [5.41, 5.74) is 13.3. The first-order chi connectivity index (χ1) is 23.8. The Bertz CT molecular complexity index is 2440. The van der Waals surface area contributed by atoms with Gasteiger partial charge in [0.2, 0.25) is 0 Å². The number of hydrogen-bond donors (Lipinski definition) is 0. The van der Waals surface area contributed by atoms with E-state index in [2.05, 4.69) is 144 Å². The molecule has 1 aliphatic heterocycles. The smallest absolute Gasteiger partial charge is 0.160 e. The molecular formula is C44H33N3O. The van der Waals surface area contributed by atoms with Crippen LogP contribution in [0.25, 0.3) is 50.5 Å². The lowest BCUT2D eigenvalue weighted by Gasteiger charge is -2.22. The van der Waals surface area contributed by atoms with Crippen molar-refractivity contribution >= 4 is 33.5 Å². The van der Waals surface area contributed by atoms with E-state index in [-0.39, 0.29) is 12.0 Å². The van der Waals surface area contributed by atoms with Crippen LogP contribution in [-0.2, 0) is 0 Å². The van der Waals surface area contributed by atoms with Gasteiger partial charge in [0.15, 0.2) is 5.82 Å². The minimum atomic E-state index is -0.0338. The van der Waals surface area contributed by atoms with Crippen molar-refractivity contribution in [2.75, 3.05) is 0 Å². The van der Waals surface area contributed by atoms with Crippen molar-refractivity contribution in [3.05, 3.63) is 167 Å². The first kappa shape index (κ1) is 27.4. The molecule has 2 unspecified atom stereocenters. The van der Waals surface area contributed by atoms with Crippen LogP contribution >= 0.6 is 0 Å². The molecule has 4 aliphatic rings. The lowest BCUT2D eigenvalue weighted by molar-refractivity contribution is 0.267. The highest BCUT2D eigenvalue weighted by Crippen LogP contribution is 2.50. The number of benzene rings is 4. The molecule has 0 bridgehead atoms. The molecule has 3 heterocycles. The van der Waals surface area contributed by atoms with Gasteiger partial charge in [-0.25, -0.2) is 9.97 Å². The van der Waals surface area contributed by atoms with Crippen LogP contribution in [0.4, 0.5) is 0 Å². The second kappa shape index (κ2) is 10.9. The molecule has 0 radical (unpaired) electrons. The molecular weight excluding hydrogens is 587 g/mol. The van der Waals surface area contributed by atoms with Crippen LogP contribution in [0.5, 0.6) is 5.75 Å². The fourth-order valence-electron chi connectivity index (χ4n) is 8.14. The van der Waals surface area contributed by atoms with E-state index in [1.54, 1.807) is 0 Å². The molecule has 4 heteroatoms. The van der Waals surface area contributed by atoms with Gasteiger partial charge in [-0.05, 0) is 103 Å². The summed E-state index contributed by atoms with van der Waals surface area (Å²) in [5, 5.41) is 2.31. The third-order valence-corrected chi connectivity index (χ3v) is 10.4. The Morgan fingerprint density at radius 2 is 1.52 bits per heavy atom. The van der Waals surface area contributed by atoms with Gasteiger partial charge in [-0.3, -0.25) is 0 Å². The first-order valence-electron chi connectivity index (χ1n) is 17.0. The van der Waals surface area contributed by atoms with Crippen molar-refractivity contribution in [2.45, 2.75) is 37.7 Å². The topological polar surface area (TPSA) is 39.9 Å². The van der Waals surface area contributed by atoms with Crippen molar-refractivity contribution in [3.8, 4) is 22.8 Å². The lowest BCUT2D eigenvalue weighted by Crippen LogP contribution is -2.20. The maximum atomic E-state index is 6.49. The fraction of sp³-hybridized carbons (Fsp3) is 0.136. The van der Waals surface area contributed by atoms with E-state index >= 15 is 0 Å². The lowest BCUT2D eigenvalue weighted by atomic mass is 9.83.